The molecule has 1 aliphatic carbocycles. The molecule has 6 nitrogen and oxygen atoms in total. The summed E-state index contributed by atoms with van der Waals surface area (Å²) >= 11 is 0. The molecule has 168 valence electrons. The Morgan fingerprint density at radius 2 is 1.94 bits per heavy atom. The van der Waals surface area contributed by atoms with Crippen LogP contribution >= 0.6 is 0 Å². The highest BCUT2D eigenvalue weighted by Gasteiger charge is 2.50. The molecule has 3 rings (SSSR count). The van der Waals surface area contributed by atoms with Crippen LogP contribution in [0.2, 0.25) is 0 Å². The van der Waals surface area contributed by atoms with Crippen molar-refractivity contribution < 1.29 is 27.4 Å². The maximum atomic E-state index is 14.6. The maximum Gasteiger partial charge on any atom is 0.312 e. The number of hydrogen-bond donors (Lipinski definition) is 2. The van der Waals surface area contributed by atoms with Gasteiger partial charge in [-0.15, -0.1) is 0 Å². The van der Waals surface area contributed by atoms with E-state index in [9.17, 15) is 22.7 Å². The third-order valence-electron chi connectivity index (χ3n) is 5.85. The number of carbonyl (C=O) groups excluding carboxylic acids is 1. The number of nitrogens with one attached hydrogen (secondary N) is 1. The Hall–Kier alpha value is -2.45. The lowest BCUT2D eigenvalue weighted by Gasteiger charge is -2.27. The Morgan fingerprint density at radius 3 is 2.58 bits per heavy atom. The Kier molecular flexibility index (Phi) is 6.71. The van der Waals surface area contributed by atoms with Gasteiger partial charge < -0.3 is 9.84 Å². The summed E-state index contributed by atoms with van der Waals surface area (Å²) in [7, 11) is -3.43. The first-order chi connectivity index (χ1) is 14.5. The Labute approximate surface area is 182 Å². The van der Waals surface area contributed by atoms with E-state index in [1.54, 1.807) is 37.3 Å². The quantitative estimate of drug-likeness (QED) is 0.630. The molecule has 31 heavy (non-hydrogen) atoms. The van der Waals surface area contributed by atoms with Crippen LogP contribution in [0.25, 0.3) is 11.1 Å². The van der Waals surface area contributed by atoms with E-state index in [0.29, 0.717) is 24.0 Å². The molecule has 0 bridgehead atoms. The van der Waals surface area contributed by atoms with E-state index in [-0.39, 0.29) is 36.2 Å². The first-order valence-electron chi connectivity index (χ1n) is 10.3. The Bertz CT molecular complexity index is 1070. The van der Waals surface area contributed by atoms with E-state index in [1.807, 2.05) is 6.92 Å². The lowest BCUT2D eigenvalue weighted by atomic mass is 9.78. The minimum atomic E-state index is -3.43. The van der Waals surface area contributed by atoms with Crippen LogP contribution in [-0.4, -0.2) is 38.4 Å². The minimum absolute atomic E-state index is 0.0365. The van der Waals surface area contributed by atoms with Gasteiger partial charge in [0.25, 0.3) is 0 Å². The van der Waals surface area contributed by atoms with Crippen molar-refractivity contribution >= 4 is 16.0 Å². The van der Waals surface area contributed by atoms with E-state index in [0.717, 1.165) is 6.26 Å². The van der Waals surface area contributed by atoms with Gasteiger partial charge in [0, 0.05) is 17.2 Å². The summed E-state index contributed by atoms with van der Waals surface area (Å²) in [5, 5.41) is 10.1. The van der Waals surface area contributed by atoms with Crippen LogP contribution in [0, 0.1) is 17.2 Å². The summed E-state index contributed by atoms with van der Waals surface area (Å²) in [4.78, 5) is 13.0. The minimum Gasteiger partial charge on any atom is -0.507 e. The highest BCUT2D eigenvalue weighted by atomic mass is 32.2. The van der Waals surface area contributed by atoms with Gasteiger partial charge in [0.1, 0.15) is 11.6 Å². The molecule has 0 saturated heterocycles. The van der Waals surface area contributed by atoms with Gasteiger partial charge in [0.15, 0.2) is 0 Å². The van der Waals surface area contributed by atoms with Gasteiger partial charge in [-0.2, -0.15) is 0 Å². The zero-order chi connectivity index (χ0) is 22.8. The lowest BCUT2D eigenvalue weighted by molar-refractivity contribution is -0.155. The Balaban J connectivity index is 1.97. The summed E-state index contributed by atoms with van der Waals surface area (Å²) in [5.74, 6) is -0.970. The van der Waals surface area contributed by atoms with Gasteiger partial charge in [0.2, 0.25) is 10.0 Å². The summed E-state index contributed by atoms with van der Waals surface area (Å²) in [6.07, 6.45) is 2.12. The van der Waals surface area contributed by atoms with Crippen molar-refractivity contribution in [1.82, 2.24) is 4.72 Å². The molecular formula is C23H28FNO5S. The fourth-order valence-electron chi connectivity index (χ4n) is 4.55. The van der Waals surface area contributed by atoms with E-state index in [1.165, 1.54) is 12.1 Å². The number of aromatic hydroxyl groups is 1. The number of benzene rings is 2. The third-order valence-corrected chi connectivity index (χ3v) is 6.58. The number of hydrogen-bond acceptors (Lipinski definition) is 5. The van der Waals surface area contributed by atoms with Crippen molar-refractivity contribution in [2.24, 2.45) is 11.3 Å². The molecule has 0 unspecified atom stereocenters. The predicted molar refractivity (Wildman–Crippen MR) is 116 cm³/mol. The molecule has 1 saturated carbocycles. The third kappa shape index (κ3) is 5.25. The standard InChI is InChI=1S/C23H28FNO5S/c1-4-30-22(27)23(12-15(2)20(14-23)25-31(3,28)29)13-16-9-10-19(24)18(11-16)17-7-5-6-8-21(17)26/h5-11,15,20,25-26H,4,12-14H2,1-3H3/t15-,20-,23-/m1/s1. The number of phenolic OH excluding ortho intramolecular Hbond substituents is 1. The summed E-state index contributed by atoms with van der Waals surface area (Å²) in [5.41, 5.74) is 0.390. The van der Waals surface area contributed by atoms with Crippen LogP contribution in [-0.2, 0) is 26.0 Å². The SMILES string of the molecule is CCOC(=O)[C@@]1(Cc2ccc(F)c(-c3ccccc3O)c2)C[C@@H](C)[C@H](NS(C)(=O)=O)C1. The Morgan fingerprint density at radius 1 is 1.23 bits per heavy atom. The molecule has 8 heteroatoms. The lowest BCUT2D eigenvalue weighted by Crippen LogP contribution is -2.38. The molecule has 0 heterocycles. The fourth-order valence-corrected chi connectivity index (χ4v) is 5.41. The number of sulfonamides is 1. The van der Waals surface area contributed by atoms with Crippen molar-refractivity contribution in [1.29, 1.82) is 0 Å². The summed E-state index contributed by atoms with van der Waals surface area (Å²) in [6, 6.07) is 10.7. The monoisotopic (exact) mass is 449 g/mol. The molecule has 2 aromatic carbocycles. The van der Waals surface area contributed by atoms with Gasteiger partial charge in [-0.3, -0.25) is 4.79 Å². The summed E-state index contributed by atoms with van der Waals surface area (Å²) in [6.45, 7) is 3.85. The van der Waals surface area contributed by atoms with Gasteiger partial charge >= 0.3 is 5.97 Å². The molecule has 1 aliphatic rings. The molecular weight excluding hydrogens is 421 g/mol. The van der Waals surface area contributed by atoms with Crippen molar-refractivity contribution in [2.45, 2.75) is 39.2 Å². The van der Waals surface area contributed by atoms with Gasteiger partial charge in [0.05, 0.1) is 18.3 Å². The molecule has 0 radical (unpaired) electrons. The first-order valence-corrected chi connectivity index (χ1v) is 12.1. The average Bonchev–Trinajstić information content (AvgIpc) is 2.99. The number of esters is 1. The molecule has 2 aromatic rings. The van der Waals surface area contributed by atoms with E-state index in [2.05, 4.69) is 4.72 Å². The maximum absolute atomic E-state index is 14.6. The number of para-hydroxylation sites is 1. The van der Waals surface area contributed by atoms with Crippen molar-refractivity contribution in [3.05, 3.63) is 53.8 Å². The largest absolute Gasteiger partial charge is 0.507 e. The molecule has 3 atom stereocenters. The number of carbonyl (C=O) groups is 1. The van der Waals surface area contributed by atoms with Crippen LogP contribution in [0.1, 0.15) is 32.3 Å². The van der Waals surface area contributed by atoms with Crippen molar-refractivity contribution in [3.63, 3.8) is 0 Å². The van der Waals surface area contributed by atoms with Crippen LogP contribution in [0.4, 0.5) is 4.39 Å². The average molecular weight is 450 g/mol. The topological polar surface area (TPSA) is 92.7 Å². The second-order valence-corrected chi connectivity index (χ2v) is 10.2. The normalized spacial score (nSPS) is 23.6. The smallest absolute Gasteiger partial charge is 0.312 e. The number of rotatable bonds is 7. The number of ether oxygens (including phenoxy) is 1. The molecule has 2 N–H and O–H groups in total. The zero-order valence-corrected chi connectivity index (χ0v) is 18.7. The molecule has 0 spiro atoms. The highest BCUT2D eigenvalue weighted by molar-refractivity contribution is 7.88. The number of phenols is 1. The highest BCUT2D eigenvalue weighted by Crippen LogP contribution is 2.46. The van der Waals surface area contributed by atoms with Gasteiger partial charge in [-0.25, -0.2) is 17.5 Å². The molecule has 1 fully saturated rings. The summed E-state index contributed by atoms with van der Waals surface area (Å²) < 4.78 is 46.1. The van der Waals surface area contributed by atoms with Gasteiger partial charge in [-0.1, -0.05) is 31.2 Å². The van der Waals surface area contributed by atoms with Crippen molar-refractivity contribution in [3.8, 4) is 16.9 Å². The molecule has 0 aromatic heterocycles. The second-order valence-electron chi connectivity index (χ2n) is 8.39. The van der Waals surface area contributed by atoms with Gasteiger partial charge in [-0.05, 0) is 55.9 Å². The first kappa shape index (κ1) is 23.2. The van der Waals surface area contributed by atoms with E-state index in [4.69, 9.17) is 4.74 Å². The van der Waals surface area contributed by atoms with Crippen LogP contribution in [0.3, 0.4) is 0 Å². The van der Waals surface area contributed by atoms with E-state index >= 15 is 0 Å². The van der Waals surface area contributed by atoms with Crippen LogP contribution in [0.5, 0.6) is 5.75 Å². The molecule has 0 amide bonds. The van der Waals surface area contributed by atoms with E-state index < -0.39 is 27.3 Å². The van der Waals surface area contributed by atoms with Crippen LogP contribution < -0.4 is 4.72 Å². The number of halogens is 1. The zero-order valence-electron chi connectivity index (χ0n) is 17.9. The predicted octanol–water partition coefficient (Wildman–Crippen LogP) is 3.64. The van der Waals surface area contributed by atoms with Crippen molar-refractivity contribution in [2.75, 3.05) is 12.9 Å². The van der Waals surface area contributed by atoms with Crippen LogP contribution in [0.15, 0.2) is 42.5 Å². The molecule has 0 aliphatic heterocycles. The fraction of sp³-hybridized carbons (Fsp3) is 0.435. The second kappa shape index (κ2) is 8.96.